The van der Waals surface area contributed by atoms with E-state index in [0.29, 0.717) is 10.5 Å². The predicted molar refractivity (Wildman–Crippen MR) is 124 cm³/mol. The predicted octanol–water partition coefficient (Wildman–Crippen LogP) is 4.16. The van der Waals surface area contributed by atoms with E-state index in [-0.39, 0.29) is 4.21 Å². The minimum absolute atomic E-state index is 0.00375. The Kier molecular flexibility index (Phi) is 5.44. The Bertz CT molecular complexity index is 1350. The minimum Gasteiger partial charge on any atom is -0.480 e. The van der Waals surface area contributed by atoms with Crippen molar-refractivity contribution in [3.63, 3.8) is 0 Å². The third-order valence-corrected chi connectivity index (χ3v) is 8.99. The highest BCUT2D eigenvalue weighted by Crippen LogP contribution is 2.37. The molecule has 4 aromatic rings. The van der Waals surface area contributed by atoms with Crippen molar-refractivity contribution in [1.82, 2.24) is 14.1 Å². The third kappa shape index (κ3) is 3.72. The van der Waals surface area contributed by atoms with Gasteiger partial charge in [-0.2, -0.15) is 4.72 Å². The SMILES string of the molecule is CC(C)(c1ccccc1)[C@](C)(NS(=O)(=O)c1cn2cc(-c3ccccc3)nc2s1)C(=O)O. The summed E-state index contributed by atoms with van der Waals surface area (Å²) in [5.74, 6) is -1.26. The zero-order chi connectivity index (χ0) is 23.1. The number of fused-ring (bicyclic) bond motifs is 1. The van der Waals surface area contributed by atoms with Crippen LogP contribution in [0.4, 0.5) is 0 Å². The Hall–Kier alpha value is -3.01. The maximum atomic E-state index is 13.2. The number of nitrogens with one attached hydrogen (secondary N) is 1. The van der Waals surface area contributed by atoms with Crippen molar-refractivity contribution < 1.29 is 18.3 Å². The number of benzene rings is 2. The number of rotatable bonds is 7. The average molecular weight is 470 g/mol. The molecule has 0 amide bonds. The molecule has 2 aromatic heterocycles. The second-order valence-electron chi connectivity index (χ2n) is 8.26. The van der Waals surface area contributed by atoms with Crippen molar-refractivity contribution in [1.29, 1.82) is 0 Å². The Balaban J connectivity index is 1.70. The summed E-state index contributed by atoms with van der Waals surface area (Å²) in [4.78, 5) is 17.4. The lowest BCUT2D eigenvalue weighted by atomic mass is 9.69. The van der Waals surface area contributed by atoms with Gasteiger partial charge in [-0.05, 0) is 12.5 Å². The molecule has 0 aliphatic heterocycles. The standard InChI is InChI=1S/C23H23N3O4S2/c1-22(2,17-12-8-5-9-13-17)23(3,20(27)28)25-32(29,30)19-15-26-14-18(24-21(26)31-19)16-10-6-4-7-11-16/h4-15,25H,1-3H3,(H,27,28)/t23-/m1/s1. The fraction of sp³-hybridized carbons (Fsp3) is 0.217. The van der Waals surface area contributed by atoms with Gasteiger partial charge in [0.05, 0.1) is 5.69 Å². The van der Waals surface area contributed by atoms with Crippen LogP contribution < -0.4 is 4.72 Å². The second kappa shape index (κ2) is 7.84. The molecule has 0 aliphatic rings. The van der Waals surface area contributed by atoms with Gasteiger partial charge in [0.25, 0.3) is 10.0 Å². The summed E-state index contributed by atoms with van der Waals surface area (Å²) in [5, 5.41) is 10.1. The molecule has 0 bridgehead atoms. The molecule has 2 aromatic carbocycles. The van der Waals surface area contributed by atoms with Gasteiger partial charge in [0.1, 0.15) is 5.54 Å². The first-order valence-corrected chi connectivity index (χ1v) is 12.2. The van der Waals surface area contributed by atoms with E-state index in [2.05, 4.69) is 9.71 Å². The van der Waals surface area contributed by atoms with Crippen LogP contribution in [0.3, 0.4) is 0 Å². The number of aliphatic carboxylic acids is 1. The first-order valence-electron chi connectivity index (χ1n) is 9.91. The number of hydrogen-bond acceptors (Lipinski definition) is 5. The Morgan fingerprint density at radius 2 is 1.59 bits per heavy atom. The second-order valence-corrected chi connectivity index (χ2v) is 11.2. The lowest BCUT2D eigenvalue weighted by Crippen LogP contribution is -2.62. The van der Waals surface area contributed by atoms with Gasteiger partial charge >= 0.3 is 5.97 Å². The van der Waals surface area contributed by atoms with E-state index in [0.717, 1.165) is 22.6 Å². The normalized spacial score (nSPS) is 14.3. The molecular formula is C23H23N3O4S2. The van der Waals surface area contributed by atoms with Crippen LogP contribution in [0.25, 0.3) is 16.2 Å². The van der Waals surface area contributed by atoms with Crippen LogP contribution in [-0.4, -0.2) is 34.4 Å². The van der Waals surface area contributed by atoms with Crippen molar-refractivity contribution >= 4 is 32.3 Å². The van der Waals surface area contributed by atoms with Crippen molar-refractivity contribution in [3.05, 3.63) is 78.6 Å². The number of thiazole rings is 1. The molecule has 4 rings (SSSR count). The highest BCUT2D eigenvalue weighted by atomic mass is 32.2. The number of hydrogen-bond donors (Lipinski definition) is 2. The Labute approximate surface area is 190 Å². The largest absolute Gasteiger partial charge is 0.480 e. The van der Waals surface area contributed by atoms with E-state index in [4.69, 9.17) is 0 Å². The smallest absolute Gasteiger partial charge is 0.325 e. The first-order chi connectivity index (χ1) is 15.0. The molecule has 166 valence electrons. The Morgan fingerprint density at radius 1 is 1.00 bits per heavy atom. The third-order valence-electron chi connectivity index (χ3n) is 5.98. The number of aromatic nitrogens is 2. The van der Waals surface area contributed by atoms with Crippen LogP contribution in [0.15, 0.2) is 77.3 Å². The summed E-state index contributed by atoms with van der Waals surface area (Å²) in [6.07, 6.45) is 3.21. The van der Waals surface area contributed by atoms with Crippen molar-refractivity contribution in [3.8, 4) is 11.3 Å². The van der Waals surface area contributed by atoms with E-state index in [1.165, 1.54) is 13.1 Å². The number of carboxylic acids is 1. The molecule has 0 saturated heterocycles. The van der Waals surface area contributed by atoms with Crippen LogP contribution in [0.5, 0.6) is 0 Å². The minimum atomic E-state index is -4.14. The highest BCUT2D eigenvalue weighted by molar-refractivity contribution is 7.91. The maximum absolute atomic E-state index is 13.2. The van der Waals surface area contributed by atoms with Crippen molar-refractivity contribution in [2.45, 2.75) is 35.9 Å². The summed E-state index contributed by atoms with van der Waals surface area (Å²) < 4.78 is 30.6. The molecule has 7 nitrogen and oxygen atoms in total. The average Bonchev–Trinajstić information content (AvgIpc) is 3.34. The molecule has 0 saturated carbocycles. The Morgan fingerprint density at radius 3 is 2.16 bits per heavy atom. The van der Waals surface area contributed by atoms with E-state index >= 15 is 0 Å². The van der Waals surface area contributed by atoms with E-state index in [9.17, 15) is 18.3 Å². The maximum Gasteiger partial charge on any atom is 0.325 e. The summed E-state index contributed by atoms with van der Waals surface area (Å²) in [6, 6.07) is 18.6. The highest BCUT2D eigenvalue weighted by Gasteiger charge is 2.51. The number of carboxylic acid groups (broad SMARTS) is 1. The molecular weight excluding hydrogens is 446 g/mol. The van der Waals surface area contributed by atoms with Crippen LogP contribution in [-0.2, 0) is 20.2 Å². The topological polar surface area (TPSA) is 101 Å². The number of sulfonamides is 1. The molecule has 32 heavy (non-hydrogen) atoms. The molecule has 2 heterocycles. The lowest BCUT2D eigenvalue weighted by molar-refractivity contribution is -0.146. The number of nitrogens with zero attached hydrogens (tertiary/aromatic N) is 2. The van der Waals surface area contributed by atoms with Crippen LogP contribution in [0.2, 0.25) is 0 Å². The molecule has 2 N–H and O–H groups in total. The van der Waals surface area contributed by atoms with Crippen molar-refractivity contribution in [2.75, 3.05) is 0 Å². The van der Waals surface area contributed by atoms with Crippen LogP contribution >= 0.6 is 11.3 Å². The number of carbonyl (C=O) groups is 1. The summed E-state index contributed by atoms with van der Waals surface area (Å²) >= 11 is 0.987. The molecule has 0 radical (unpaired) electrons. The van der Waals surface area contributed by atoms with E-state index < -0.39 is 26.9 Å². The molecule has 0 spiro atoms. The van der Waals surface area contributed by atoms with E-state index in [1.807, 2.05) is 36.4 Å². The van der Waals surface area contributed by atoms with Gasteiger partial charge in [-0.1, -0.05) is 85.8 Å². The zero-order valence-electron chi connectivity index (χ0n) is 17.8. The number of imidazole rings is 1. The fourth-order valence-corrected chi connectivity index (χ4v) is 6.27. The van der Waals surface area contributed by atoms with Gasteiger partial charge in [0, 0.05) is 23.4 Å². The summed E-state index contributed by atoms with van der Waals surface area (Å²) in [5.41, 5.74) is -0.469. The van der Waals surface area contributed by atoms with Gasteiger partial charge in [-0.25, -0.2) is 13.4 Å². The zero-order valence-corrected chi connectivity index (χ0v) is 19.4. The van der Waals surface area contributed by atoms with Crippen LogP contribution in [0, 0.1) is 0 Å². The van der Waals surface area contributed by atoms with E-state index in [1.54, 1.807) is 48.7 Å². The molecule has 0 fully saturated rings. The first kappa shape index (κ1) is 22.2. The molecule has 1 atom stereocenters. The van der Waals surface area contributed by atoms with Crippen LogP contribution in [0.1, 0.15) is 26.3 Å². The molecule has 0 aliphatic carbocycles. The monoisotopic (exact) mass is 469 g/mol. The van der Waals surface area contributed by atoms with Gasteiger partial charge in [0.2, 0.25) is 0 Å². The fourth-order valence-electron chi connectivity index (χ4n) is 3.55. The van der Waals surface area contributed by atoms with Gasteiger partial charge in [0.15, 0.2) is 9.17 Å². The quantitative estimate of drug-likeness (QED) is 0.423. The van der Waals surface area contributed by atoms with Crippen molar-refractivity contribution in [2.24, 2.45) is 0 Å². The summed E-state index contributed by atoms with van der Waals surface area (Å²) in [6.45, 7) is 4.82. The van der Waals surface area contributed by atoms with Gasteiger partial charge in [-0.15, -0.1) is 0 Å². The molecule has 9 heteroatoms. The molecule has 0 unspecified atom stereocenters. The summed E-state index contributed by atoms with van der Waals surface area (Å²) in [7, 11) is -4.14. The lowest BCUT2D eigenvalue weighted by Gasteiger charge is -2.41. The van der Waals surface area contributed by atoms with Gasteiger partial charge < -0.3 is 5.11 Å². The van der Waals surface area contributed by atoms with Gasteiger partial charge in [-0.3, -0.25) is 9.20 Å².